The number of carboxylic acids is 1. The number of amides is 2. The number of halogens is 1. The molecule has 5 atom stereocenters. The van der Waals surface area contributed by atoms with Crippen LogP contribution in [0.5, 0.6) is 11.5 Å². The molecule has 3 unspecified atom stereocenters. The van der Waals surface area contributed by atoms with Crippen LogP contribution in [0, 0.1) is 11.8 Å². The highest BCUT2D eigenvalue weighted by Crippen LogP contribution is 2.47. The fourth-order valence-corrected chi connectivity index (χ4v) is 5.43. The lowest BCUT2D eigenvalue weighted by molar-refractivity contribution is -0.163. The third kappa shape index (κ3) is 3.81. The van der Waals surface area contributed by atoms with Crippen LogP contribution < -0.4 is 5.32 Å². The van der Waals surface area contributed by atoms with E-state index in [1.807, 2.05) is 11.8 Å². The lowest BCUT2D eigenvalue weighted by Crippen LogP contribution is -2.63. The van der Waals surface area contributed by atoms with Gasteiger partial charge in [0.15, 0.2) is 11.5 Å². The second kappa shape index (κ2) is 8.51. The molecule has 4 rings (SSSR count). The normalized spacial score (nSPS) is 28.0. The first-order chi connectivity index (χ1) is 15.5. The van der Waals surface area contributed by atoms with Gasteiger partial charge in [-0.3, -0.25) is 14.5 Å². The number of carbonyl (C=O) groups is 3. The van der Waals surface area contributed by atoms with Crippen LogP contribution in [0.1, 0.15) is 30.6 Å². The van der Waals surface area contributed by atoms with E-state index in [9.17, 15) is 34.8 Å². The predicted molar refractivity (Wildman–Crippen MR) is 117 cm³/mol. The maximum absolute atomic E-state index is 12.6. The van der Waals surface area contributed by atoms with Crippen LogP contribution >= 0.6 is 11.6 Å². The van der Waals surface area contributed by atoms with Gasteiger partial charge in [-0.25, -0.2) is 4.79 Å². The van der Waals surface area contributed by atoms with Crippen LogP contribution in [0.4, 0.5) is 0 Å². The molecule has 2 amide bonds. The number of phenolic OH excluding ortho intramolecular Hbond substituents is 2. The van der Waals surface area contributed by atoms with Crippen molar-refractivity contribution in [3.8, 4) is 11.5 Å². The maximum atomic E-state index is 12.6. The Hall–Kier alpha value is -2.82. The number of phenols is 2. The summed E-state index contributed by atoms with van der Waals surface area (Å²) in [7, 11) is 0. The molecule has 2 fully saturated rings. The predicted octanol–water partition coefficient (Wildman–Crippen LogP) is 0.752. The summed E-state index contributed by atoms with van der Waals surface area (Å²) in [4.78, 5) is 40.3. The number of carbonyl (C=O) groups excluding carboxylic acids is 2. The molecule has 11 heteroatoms. The molecule has 0 aliphatic carbocycles. The van der Waals surface area contributed by atoms with E-state index in [2.05, 4.69) is 5.32 Å². The average Bonchev–Trinajstić information content (AvgIpc) is 3.27. The number of aliphatic hydroxyl groups is 1. The van der Waals surface area contributed by atoms with Crippen LogP contribution in [-0.4, -0.2) is 85.8 Å². The minimum Gasteiger partial charge on any atom is -0.504 e. The summed E-state index contributed by atoms with van der Waals surface area (Å²) >= 11 is 5.97. The molecular weight excluding hydrogens is 454 g/mol. The minimum atomic E-state index is -1.16. The van der Waals surface area contributed by atoms with E-state index in [-0.39, 0.29) is 40.2 Å². The fourth-order valence-electron chi connectivity index (χ4n) is 5.18. The molecule has 0 saturated carbocycles. The van der Waals surface area contributed by atoms with Gasteiger partial charge in [0.25, 0.3) is 5.91 Å². The minimum absolute atomic E-state index is 0.00626. The zero-order chi connectivity index (χ0) is 24.2. The van der Waals surface area contributed by atoms with Gasteiger partial charge in [0.05, 0.1) is 28.6 Å². The number of nitrogens with zero attached hydrogens (tertiary/aromatic N) is 2. The molecule has 3 aliphatic rings. The van der Waals surface area contributed by atoms with E-state index in [0.29, 0.717) is 31.6 Å². The summed E-state index contributed by atoms with van der Waals surface area (Å²) in [5, 5.41) is 41.6. The lowest BCUT2D eigenvalue weighted by Gasteiger charge is -2.46. The molecule has 0 spiro atoms. The number of carboxylic acid groups (broad SMARTS) is 1. The Morgan fingerprint density at radius 2 is 2.00 bits per heavy atom. The number of aliphatic hydroxyl groups excluding tert-OH is 1. The van der Waals surface area contributed by atoms with Gasteiger partial charge in [0.2, 0.25) is 5.91 Å². The van der Waals surface area contributed by atoms with E-state index < -0.39 is 35.4 Å². The number of hydrogen-bond donors (Lipinski definition) is 5. The van der Waals surface area contributed by atoms with Crippen LogP contribution in [0.25, 0.3) is 0 Å². The monoisotopic (exact) mass is 479 g/mol. The van der Waals surface area contributed by atoms with Crippen LogP contribution in [-0.2, 0) is 9.59 Å². The molecule has 3 aliphatic heterocycles. The molecule has 5 N–H and O–H groups in total. The van der Waals surface area contributed by atoms with Crippen LogP contribution in [0.3, 0.4) is 0 Å². The number of fused-ring (bicyclic) bond motifs is 1. The number of benzene rings is 1. The highest BCUT2D eigenvalue weighted by molar-refractivity contribution is 6.35. The summed E-state index contributed by atoms with van der Waals surface area (Å²) in [6.45, 7) is 4.83. The van der Waals surface area contributed by atoms with Crippen LogP contribution in [0.15, 0.2) is 23.4 Å². The molecule has 2 saturated heterocycles. The van der Waals surface area contributed by atoms with Crippen molar-refractivity contribution in [2.24, 2.45) is 11.8 Å². The van der Waals surface area contributed by atoms with Crippen molar-refractivity contribution in [2.45, 2.75) is 38.5 Å². The molecule has 10 nitrogen and oxygen atoms in total. The van der Waals surface area contributed by atoms with Crippen molar-refractivity contribution in [3.63, 3.8) is 0 Å². The first kappa shape index (κ1) is 23.3. The Labute approximate surface area is 195 Å². The summed E-state index contributed by atoms with van der Waals surface area (Å²) in [6, 6.07) is 1.92. The third-order valence-electron chi connectivity index (χ3n) is 6.86. The highest BCUT2D eigenvalue weighted by atomic mass is 35.5. The Balaban J connectivity index is 1.44. The standard InChI is InChI=1S/C22H26ClN3O7/c1-9-13(18(22(32)33)26-17(9)15(10(2)27)21(26)31)8-25-6-5-11(7-25)24-20(30)12-3-4-14(28)19(29)16(12)23/h3-4,9-11,15,17,27-29H,5-8H2,1-2H3,(H,24,30)(H,32,33)/t9?,10?,11-,15?,17-/m1/s1. The van der Waals surface area contributed by atoms with Crippen molar-refractivity contribution in [1.82, 2.24) is 15.1 Å². The highest BCUT2D eigenvalue weighted by Gasteiger charge is 2.59. The number of β-lactam (4-membered cyclic amide) rings is 1. The first-order valence-corrected chi connectivity index (χ1v) is 11.1. The van der Waals surface area contributed by atoms with Crippen molar-refractivity contribution < 1.29 is 34.8 Å². The number of aliphatic carboxylic acids is 1. The van der Waals surface area contributed by atoms with Gasteiger partial charge in [-0.1, -0.05) is 18.5 Å². The Kier molecular flexibility index (Phi) is 6.02. The van der Waals surface area contributed by atoms with Gasteiger partial charge in [0, 0.05) is 31.6 Å². The van der Waals surface area contributed by atoms with Gasteiger partial charge in [-0.15, -0.1) is 0 Å². The Morgan fingerprint density at radius 1 is 1.30 bits per heavy atom. The topological polar surface area (TPSA) is 151 Å². The van der Waals surface area contributed by atoms with E-state index in [0.717, 1.165) is 0 Å². The van der Waals surface area contributed by atoms with E-state index >= 15 is 0 Å². The molecule has 3 heterocycles. The molecule has 1 aromatic rings. The summed E-state index contributed by atoms with van der Waals surface area (Å²) in [5.41, 5.74) is 0.675. The lowest BCUT2D eigenvalue weighted by atomic mass is 9.77. The summed E-state index contributed by atoms with van der Waals surface area (Å²) in [5.74, 6) is -3.81. The molecular formula is C22H26ClN3O7. The van der Waals surface area contributed by atoms with Crippen LogP contribution in [0.2, 0.25) is 5.02 Å². The average molecular weight is 480 g/mol. The Morgan fingerprint density at radius 3 is 2.64 bits per heavy atom. The number of nitrogens with one attached hydrogen (secondary N) is 1. The SMILES string of the molecule is CC(O)C1C(=O)N2C(C(=O)O)=C(CN3CC[C@@H](NC(=O)c4ccc(O)c(O)c4Cl)C3)C(C)[C@H]12. The van der Waals surface area contributed by atoms with E-state index in [1.54, 1.807) is 6.92 Å². The van der Waals surface area contributed by atoms with Crippen molar-refractivity contribution >= 4 is 29.4 Å². The molecule has 0 radical (unpaired) electrons. The summed E-state index contributed by atoms with van der Waals surface area (Å²) in [6.07, 6.45) is -0.229. The van der Waals surface area contributed by atoms with Crippen molar-refractivity contribution in [2.75, 3.05) is 19.6 Å². The largest absolute Gasteiger partial charge is 0.504 e. The third-order valence-corrected chi connectivity index (χ3v) is 7.24. The van der Waals surface area contributed by atoms with Gasteiger partial charge in [-0.05, 0) is 31.1 Å². The summed E-state index contributed by atoms with van der Waals surface area (Å²) < 4.78 is 0. The molecule has 33 heavy (non-hydrogen) atoms. The smallest absolute Gasteiger partial charge is 0.352 e. The maximum Gasteiger partial charge on any atom is 0.352 e. The van der Waals surface area contributed by atoms with Crippen molar-refractivity contribution in [1.29, 1.82) is 0 Å². The number of hydrogen-bond acceptors (Lipinski definition) is 7. The second-order valence-corrected chi connectivity index (χ2v) is 9.30. The van der Waals surface area contributed by atoms with Gasteiger partial charge < -0.3 is 30.6 Å². The Bertz CT molecular complexity index is 1060. The molecule has 0 aromatic heterocycles. The van der Waals surface area contributed by atoms with E-state index in [4.69, 9.17) is 11.6 Å². The second-order valence-electron chi connectivity index (χ2n) is 8.92. The van der Waals surface area contributed by atoms with E-state index in [1.165, 1.54) is 17.0 Å². The molecule has 178 valence electrons. The number of aromatic hydroxyl groups is 2. The first-order valence-electron chi connectivity index (χ1n) is 10.7. The molecule has 1 aromatic carbocycles. The molecule has 0 bridgehead atoms. The zero-order valence-corrected chi connectivity index (χ0v) is 18.9. The van der Waals surface area contributed by atoms with Crippen molar-refractivity contribution in [3.05, 3.63) is 34.0 Å². The zero-order valence-electron chi connectivity index (χ0n) is 18.2. The number of likely N-dealkylation sites (tertiary alicyclic amines) is 1. The number of rotatable bonds is 6. The van der Waals surface area contributed by atoms with Gasteiger partial charge in [-0.2, -0.15) is 0 Å². The van der Waals surface area contributed by atoms with Gasteiger partial charge in [0.1, 0.15) is 5.70 Å². The quantitative estimate of drug-likeness (QED) is 0.296. The fraction of sp³-hybridized carbons (Fsp3) is 0.500. The van der Waals surface area contributed by atoms with Gasteiger partial charge >= 0.3 is 5.97 Å².